The van der Waals surface area contributed by atoms with Crippen LogP contribution in [0.15, 0.2) is 59.5 Å². The number of carbonyl (C=O) groups is 1. The maximum Gasteiger partial charge on any atom is 0.387 e. The van der Waals surface area contributed by atoms with Crippen LogP contribution in [0.2, 0.25) is 0 Å². The molecule has 2 aromatic carbocycles. The highest BCUT2D eigenvalue weighted by Gasteiger charge is 2.33. The molecule has 31 heavy (non-hydrogen) atoms. The minimum Gasteiger partial charge on any atom is -0.435 e. The van der Waals surface area contributed by atoms with E-state index in [1.807, 2.05) is 37.3 Å². The first-order valence-corrected chi connectivity index (χ1v) is 11.6. The second-order valence-corrected chi connectivity index (χ2v) is 9.30. The van der Waals surface area contributed by atoms with Gasteiger partial charge in [0.1, 0.15) is 5.75 Å². The van der Waals surface area contributed by atoms with Gasteiger partial charge >= 0.3 is 6.61 Å². The molecule has 1 aliphatic heterocycles. The van der Waals surface area contributed by atoms with E-state index in [0.717, 1.165) is 5.56 Å². The highest BCUT2D eigenvalue weighted by atomic mass is 32.2. The number of benzene rings is 2. The molecule has 9 heteroatoms. The molecule has 0 radical (unpaired) electrons. The Morgan fingerprint density at radius 2 is 1.71 bits per heavy atom. The molecule has 0 unspecified atom stereocenters. The van der Waals surface area contributed by atoms with Crippen LogP contribution in [0.4, 0.5) is 8.78 Å². The van der Waals surface area contributed by atoms with E-state index in [1.54, 1.807) is 4.90 Å². The van der Waals surface area contributed by atoms with Crippen LogP contribution in [0.5, 0.6) is 5.75 Å². The van der Waals surface area contributed by atoms with Crippen LogP contribution >= 0.6 is 0 Å². The Hall–Kier alpha value is -2.52. The van der Waals surface area contributed by atoms with Gasteiger partial charge < -0.3 is 9.64 Å². The number of amides is 1. The Morgan fingerprint density at radius 3 is 2.26 bits per heavy atom. The minimum atomic E-state index is -3.77. The van der Waals surface area contributed by atoms with Crippen LogP contribution < -0.4 is 4.74 Å². The van der Waals surface area contributed by atoms with Gasteiger partial charge in [-0.15, -0.1) is 0 Å². The summed E-state index contributed by atoms with van der Waals surface area (Å²) in [6, 6.07) is 14.7. The molecule has 0 bridgehead atoms. The number of rotatable bonds is 8. The van der Waals surface area contributed by atoms with Gasteiger partial charge in [0.2, 0.25) is 15.9 Å². The molecule has 3 rings (SSSR count). The molecular weight excluding hydrogens is 426 g/mol. The van der Waals surface area contributed by atoms with Gasteiger partial charge in [-0.3, -0.25) is 4.79 Å². The summed E-state index contributed by atoms with van der Waals surface area (Å²) in [5, 5.41) is 0. The molecule has 1 fully saturated rings. The van der Waals surface area contributed by atoms with E-state index >= 15 is 0 Å². The number of nitrogens with zero attached hydrogens (tertiary/aromatic N) is 2. The Bertz CT molecular complexity index is 961. The number of hydrogen-bond donors (Lipinski definition) is 0. The maximum absolute atomic E-state index is 13.0. The molecule has 0 spiro atoms. The van der Waals surface area contributed by atoms with Crippen LogP contribution in [0, 0.1) is 5.92 Å². The number of alkyl halides is 2. The van der Waals surface area contributed by atoms with Crippen molar-refractivity contribution in [1.29, 1.82) is 0 Å². The van der Waals surface area contributed by atoms with E-state index in [4.69, 9.17) is 0 Å². The number of halogens is 2. The SMILES string of the molecule is CCN(Cc1ccccc1)C(=O)C1CCN(S(=O)(=O)c2ccc(OC(F)F)cc2)CC1. The fourth-order valence-electron chi connectivity index (χ4n) is 3.69. The van der Waals surface area contributed by atoms with Crippen molar-refractivity contribution in [2.75, 3.05) is 19.6 Å². The molecule has 0 atom stereocenters. The van der Waals surface area contributed by atoms with Gasteiger partial charge in [-0.25, -0.2) is 8.42 Å². The lowest BCUT2D eigenvalue weighted by Crippen LogP contribution is -2.44. The minimum absolute atomic E-state index is 0.0122. The molecular formula is C22H26F2N2O4S. The van der Waals surface area contributed by atoms with E-state index < -0.39 is 16.6 Å². The fraction of sp³-hybridized carbons (Fsp3) is 0.409. The topological polar surface area (TPSA) is 66.9 Å². The summed E-state index contributed by atoms with van der Waals surface area (Å²) in [5.74, 6) is -0.287. The van der Waals surface area contributed by atoms with Crippen LogP contribution in [0.1, 0.15) is 25.3 Å². The van der Waals surface area contributed by atoms with E-state index in [2.05, 4.69) is 4.74 Å². The second-order valence-electron chi connectivity index (χ2n) is 7.37. The van der Waals surface area contributed by atoms with Crippen molar-refractivity contribution in [1.82, 2.24) is 9.21 Å². The predicted molar refractivity (Wildman–Crippen MR) is 112 cm³/mol. The van der Waals surface area contributed by atoms with Gasteiger partial charge in [-0.2, -0.15) is 13.1 Å². The van der Waals surface area contributed by atoms with Crippen molar-refractivity contribution in [2.45, 2.75) is 37.8 Å². The number of piperidine rings is 1. The van der Waals surface area contributed by atoms with E-state index in [-0.39, 0.29) is 35.6 Å². The molecule has 0 N–H and O–H groups in total. The lowest BCUT2D eigenvalue weighted by molar-refractivity contribution is -0.137. The summed E-state index contributed by atoms with van der Waals surface area (Å²) in [4.78, 5) is 14.8. The first-order valence-electron chi connectivity index (χ1n) is 10.2. The molecule has 2 aromatic rings. The summed E-state index contributed by atoms with van der Waals surface area (Å²) < 4.78 is 55.9. The Labute approximate surface area is 181 Å². The Balaban J connectivity index is 1.60. The number of hydrogen-bond acceptors (Lipinski definition) is 4. The highest BCUT2D eigenvalue weighted by Crippen LogP contribution is 2.27. The molecule has 0 aromatic heterocycles. The van der Waals surface area contributed by atoms with Gasteiger partial charge in [-0.05, 0) is 49.6 Å². The average Bonchev–Trinajstić information content (AvgIpc) is 2.78. The molecule has 0 saturated carbocycles. The van der Waals surface area contributed by atoms with Gasteiger partial charge in [-0.1, -0.05) is 30.3 Å². The van der Waals surface area contributed by atoms with Crippen molar-refractivity contribution >= 4 is 15.9 Å². The first kappa shape index (κ1) is 23.1. The highest BCUT2D eigenvalue weighted by molar-refractivity contribution is 7.89. The smallest absolute Gasteiger partial charge is 0.387 e. The molecule has 1 heterocycles. The van der Waals surface area contributed by atoms with Gasteiger partial charge in [0, 0.05) is 32.1 Å². The molecule has 1 saturated heterocycles. The summed E-state index contributed by atoms with van der Waals surface area (Å²) in [7, 11) is -3.77. The zero-order valence-electron chi connectivity index (χ0n) is 17.3. The monoisotopic (exact) mass is 452 g/mol. The fourth-order valence-corrected chi connectivity index (χ4v) is 5.16. The first-order chi connectivity index (χ1) is 14.8. The van der Waals surface area contributed by atoms with Crippen LogP contribution in [-0.2, 0) is 21.4 Å². The largest absolute Gasteiger partial charge is 0.435 e. The Morgan fingerprint density at radius 1 is 1.10 bits per heavy atom. The van der Waals surface area contributed by atoms with Crippen molar-refractivity contribution in [3.05, 3.63) is 60.2 Å². The third-order valence-corrected chi connectivity index (χ3v) is 7.31. The lowest BCUT2D eigenvalue weighted by atomic mass is 9.96. The lowest BCUT2D eigenvalue weighted by Gasteiger charge is -2.33. The molecule has 1 amide bonds. The third-order valence-electron chi connectivity index (χ3n) is 5.40. The van der Waals surface area contributed by atoms with E-state index in [9.17, 15) is 22.0 Å². The molecule has 6 nitrogen and oxygen atoms in total. The molecule has 0 aliphatic carbocycles. The van der Waals surface area contributed by atoms with Crippen molar-refractivity contribution in [3.8, 4) is 5.75 Å². The summed E-state index contributed by atoms with van der Waals surface area (Å²) in [6.45, 7) is 0.542. The van der Waals surface area contributed by atoms with Gasteiger partial charge in [0.25, 0.3) is 0 Å². The Kier molecular flexibility index (Phi) is 7.61. The van der Waals surface area contributed by atoms with Crippen LogP contribution in [0.3, 0.4) is 0 Å². The number of carbonyl (C=O) groups excluding carboxylic acids is 1. The summed E-state index contributed by atoms with van der Waals surface area (Å²) in [5.41, 5.74) is 1.05. The second kappa shape index (κ2) is 10.2. The summed E-state index contributed by atoms with van der Waals surface area (Å²) >= 11 is 0. The van der Waals surface area contributed by atoms with Crippen molar-refractivity contribution in [2.24, 2.45) is 5.92 Å². The molecule has 1 aliphatic rings. The van der Waals surface area contributed by atoms with Gasteiger partial charge in [0.15, 0.2) is 0 Å². The predicted octanol–water partition coefficient (Wildman–Crippen LogP) is 3.74. The van der Waals surface area contributed by atoms with Crippen molar-refractivity contribution in [3.63, 3.8) is 0 Å². The van der Waals surface area contributed by atoms with Crippen LogP contribution in [-0.4, -0.2) is 49.8 Å². The quantitative estimate of drug-likeness (QED) is 0.612. The maximum atomic E-state index is 13.0. The van der Waals surface area contributed by atoms with E-state index in [0.29, 0.717) is 25.9 Å². The summed E-state index contributed by atoms with van der Waals surface area (Å²) in [6.07, 6.45) is 0.881. The normalized spacial score (nSPS) is 15.7. The number of sulfonamides is 1. The average molecular weight is 453 g/mol. The zero-order chi connectivity index (χ0) is 22.4. The molecule has 168 valence electrons. The third kappa shape index (κ3) is 5.80. The number of ether oxygens (including phenoxy) is 1. The van der Waals surface area contributed by atoms with Gasteiger partial charge in [0.05, 0.1) is 4.90 Å². The van der Waals surface area contributed by atoms with E-state index in [1.165, 1.54) is 28.6 Å². The zero-order valence-corrected chi connectivity index (χ0v) is 18.1. The standard InChI is InChI=1S/C22H26F2N2O4S/c1-2-25(16-17-6-4-3-5-7-17)21(27)18-12-14-26(15-13-18)31(28,29)20-10-8-19(9-11-20)30-22(23)24/h3-11,18,22H,2,12-16H2,1H3. The van der Waals surface area contributed by atoms with Crippen LogP contribution in [0.25, 0.3) is 0 Å². The van der Waals surface area contributed by atoms with Crippen molar-refractivity contribution < 1.29 is 26.7 Å².